The molecule has 9 heteroatoms. The Bertz CT molecular complexity index is 1380. The quantitative estimate of drug-likeness (QED) is 0.391. The highest BCUT2D eigenvalue weighted by Gasteiger charge is 2.38. The molecule has 0 aliphatic carbocycles. The van der Waals surface area contributed by atoms with Gasteiger partial charge in [-0.05, 0) is 55.5 Å². The van der Waals surface area contributed by atoms with E-state index in [2.05, 4.69) is 10.6 Å². The number of carbonyl (C=O) groups excluding carboxylic acids is 4. The van der Waals surface area contributed by atoms with Gasteiger partial charge < -0.3 is 15.4 Å². The number of hydrogen-bond acceptors (Lipinski definition) is 6. The van der Waals surface area contributed by atoms with Crippen LogP contribution in [0.15, 0.2) is 83.5 Å². The molecule has 0 radical (unpaired) electrons. The largest absolute Gasteiger partial charge is 0.465 e. The fraction of sp³-hybridized carbons (Fsp3) is 0.0769. The minimum atomic E-state index is -0.637. The third kappa shape index (κ3) is 4.92. The number of amides is 3. The number of halogens is 1. The normalized spacial score (nSPS) is 13.2. The van der Waals surface area contributed by atoms with E-state index in [-0.39, 0.29) is 16.3 Å². The van der Waals surface area contributed by atoms with Crippen LogP contribution in [0.2, 0.25) is 0 Å². The molecule has 176 valence electrons. The average Bonchev–Trinajstić information content (AvgIpc) is 3.07. The van der Waals surface area contributed by atoms with Gasteiger partial charge in [0.2, 0.25) is 0 Å². The van der Waals surface area contributed by atoms with Crippen molar-refractivity contribution in [1.82, 2.24) is 0 Å². The molecule has 0 saturated heterocycles. The Morgan fingerprint density at radius 1 is 0.857 bits per heavy atom. The number of carbonyl (C=O) groups is 4. The maximum atomic E-state index is 13.0. The average molecular weight is 490 g/mol. The number of nitrogens with one attached hydrogen (secondary N) is 2. The Hall–Kier alpha value is -4.43. The lowest BCUT2D eigenvalue weighted by atomic mass is 10.1. The Labute approximate surface area is 206 Å². The number of esters is 1. The van der Waals surface area contributed by atoms with Gasteiger partial charge in [0.25, 0.3) is 17.7 Å². The van der Waals surface area contributed by atoms with Crippen LogP contribution in [0.1, 0.15) is 26.3 Å². The van der Waals surface area contributed by atoms with Crippen LogP contribution < -0.4 is 15.5 Å². The van der Waals surface area contributed by atoms with Crippen molar-refractivity contribution < 1.29 is 23.9 Å². The molecule has 8 nitrogen and oxygen atoms in total. The summed E-state index contributed by atoms with van der Waals surface area (Å²) in [4.78, 5) is 51.1. The predicted octanol–water partition coefficient (Wildman–Crippen LogP) is 4.47. The standard InChI is InChI=1S/C26H20ClN3O5/c1-15-9-11-20(12-10-15)30-24(32)21(27)22(25(30)33)28-18-7-3-5-16(13-18)23(31)29-19-8-4-6-17(14-19)26(34)35-2/h3-14,28H,1-2H3,(H,29,31). The maximum absolute atomic E-state index is 13.0. The highest BCUT2D eigenvalue weighted by Crippen LogP contribution is 2.30. The maximum Gasteiger partial charge on any atom is 0.337 e. The minimum Gasteiger partial charge on any atom is -0.465 e. The fourth-order valence-electron chi connectivity index (χ4n) is 3.47. The lowest BCUT2D eigenvalue weighted by Crippen LogP contribution is -2.32. The Kier molecular flexibility index (Phi) is 6.66. The Morgan fingerprint density at radius 3 is 2.17 bits per heavy atom. The summed E-state index contributed by atoms with van der Waals surface area (Å²) < 4.78 is 4.70. The van der Waals surface area contributed by atoms with Crippen LogP contribution in [0.5, 0.6) is 0 Å². The first-order chi connectivity index (χ1) is 16.8. The van der Waals surface area contributed by atoms with Gasteiger partial charge in [-0.1, -0.05) is 41.4 Å². The van der Waals surface area contributed by atoms with Crippen LogP contribution in [0.4, 0.5) is 17.1 Å². The highest BCUT2D eigenvalue weighted by molar-refractivity contribution is 6.53. The number of rotatable bonds is 6. The number of methoxy groups -OCH3 is 1. The number of benzene rings is 3. The molecule has 1 aliphatic rings. The molecule has 35 heavy (non-hydrogen) atoms. The van der Waals surface area contributed by atoms with E-state index in [1.165, 1.54) is 19.2 Å². The van der Waals surface area contributed by atoms with Gasteiger partial charge in [-0.3, -0.25) is 14.4 Å². The smallest absolute Gasteiger partial charge is 0.337 e. The van der Waals surface area contributed by atoms with Crippen molar-refractivity contribution in [1.29, 1.82) is 0 Å². The second-order valence-electron chi connectivity index (χ2n) is 7.70. The van der Waals surface area contributed by atoms with E-state index in [0.717, 1.165) is 10.5 Å². The molecule has 4 rings (SSSR count). The van der Waals surface area contributed by atoms with E-state index >= 15 is 0 Å². The molecular formula is C26H20ClN3O5. The molecule has 0 atom stereocenters. The first kappa shape index (κ1) is 23.7. The fourth-order valence-corrected chi connectivity index (χ4v) is 3.68. The predicted molar refractivity (Wildman–Crippen MR) is 132 cm³/mol. The molecule has 1 heterocycles. The zero-order valence-electron chi connectivity index (χ0n) is 18.8. The number of nitrogens with zero attached hydrogens (tertiary/aromatic N) is 1. The van der Waals surface area contributed by atoms with Crippen LogP contribution in [0.25, 0.3) is 0 Å². The molecule has 0 unspecified atom stereocenters. The summed E-state index contributed by atoms with van der Waals surface area (Å²) >= 11 is 6.20. The molecule has 2 N–H and O–H groups in total. The van der Waals surface area contributed by atoms with Crippen LogP contribution in [0, 0.1) is 6.92 Å². The zero-order valence-corrected chi connectivity index (χ0v) is 19.6. The number of hydrogen-bond donors (Lipinski definition) is 2. The van der Waals surface area contributed by atoms with Crippen molar-refractivity contribution in [3.05, 3.63) is 100 Å². The van der Waals surface area contributed by atoms with Crippen molar-refractivity contribution >= 4 is 52.4 Å². The summed E-state index contributed by atoms with van der Waals surface area (Å²) in [5.74, 6) is -2.19. The molecule has 1 aliphatic heterocycles. The first-order valence-corrected chi connectivity index (χ1v) is 10.9. The van der Waals surface area contributed by atoms with Gasteiger partial charge in [-0.2, -0.15) is 0 Å². The number of imide groups is 1. The van der Waals surface area contributed by atoms with Gasteiger partial charge in [0, 0.05) is 16.9 Å². The zero-order chi connectivity index (χ0) is 25.1. The molecular weight excluding hydrogens is 470 g/mol. The second kappa shape index (κ2) is 9.82. The summed E-state index contributed by atoms with van der Waals surface area (Å²) in [5, 5.41) is 5.34. The third-order valence-corrected chi connectivity index (χ3v) is 5.61. The van der Waals surface area contributed by atoms with E-state index in [0.29, 0.717) is 22.6 Å². The monoisotopic (exact) mass is 489 g/mol. The highest BCUT2D eigenvalue weighted by atomic mass is 35.5. The van der Waals surface area contributed by atoms with Gasteiger partial charge in [-0.25, -0.2) is 9.69 Å². The van der Waals surface area contributed by atoms with Crippen molar-refractivity contribution in [3.8, 4) is 0 Å². The Balaban J connectivity index is 1.52. The van der Waals surface area contributed by atoms with Crippen LogP contribution >= 0.6 is 11.6 Å². The SMILES string of the molecule is COC(=O)c1cccc(NC(=O)c2cccc(NC3=C(Cl)C(=O)N(c4ccc(C)cc4)C3=O)c2)c1. The van der Waals surface area contributed by atoms with E-state index in [1.807, 2.05) is 6.92 Å². The van der Waals surface area contributed by atoms with Crippen molar-refractivity contribution in [2.24, 2.45) is 0 Å². The molecule has 3 aromatic carbocycles. The van der Waals surface area contributed by atoms with Crippen LogP contribution in [-0.2, 0) is 14.3 Å². The topological polar surface area (TPSA) is 105 Å². The van der Waals surface area contributed by atoms with Gasteiger partial charge in [0.05, 0.1) is 18.4 Å². The summed E-state index contributed by atoms with van der Waals surface area (Å²) in [6.07, 6.45) is 0. The van der Waals surface area contributed by atoms with E-state index in [4.69, 9.17) is 16.3 Å². The van der Waals surface area contributed by atoms with E-state index in [1.54, 1.807) is 60.7 Å². The summed E-state index contributed by atoms with van der Waals surface area (Å²) in [6, 6.07) is 19.6. The molecule has 0 fully saturated rings. The number of ether oxygens (including phenoxy) is 1. The Morgan fingerprint density at radius 2 is 1.49 bits per heavy atom. The van der Waals surface area contributed by atoms with Gasteiger partial charge in [-0.15, -0.1) is 0 Å². The van der Waals surface area contributed by atoms with Gasteiger partial charge in [0.1, 0.15) is 10.7 Å². The molecule has 3 aromatic rings. The molecule has 0 bridgehead atoms. The van der Waals surface area contributed by atoms with Crippen molar-refractivity contribution in [2.75, 3.05) is 22.6 Å². The van der Waals surface area contributed by atoms with Gasteiger partial charge >= 0.3 is 5.97 Å². The van der Waals surface area contributed by atoms with Crippen LogP contribution in [-0.4, -0.2) is 30.8 Å². The van der Waals surface area contributed by atoms with Gasteiger partial charge in [0.15, 0.2) is 0 Å². The number of anilines is 3. The second-order valence-corrected chi connectivity index (χ2v) is 8.08. The minimum absolute atomic E-state index is 0.0828. The van der Waals surface area contributed by atoms with Crippen molar-refractivity contribution in [2.45, 2.75) is 6.92 Å². The summed E-state index contributed by atoms with van der Waals surface area (Å²) in [5.41, 5.74) is 2.68. The summed E-state index contributed by atoms with van der Waals surface area (Å²) in [7, 11) is 1.27. The van der Waals surface area contributed by atoms with E-state index < -0.39 is 23.7 Å². The van der Waals surface area contributed by atoms with Crippen LogP contribution in [0.3, 0.4) is 0 Å². The molecule has 0 saturated carbocycles. The molecule has 3 amide bonds. The lowest BCUT2D eigenvalue weighted by molar-refractivity contribution is -0.120. The van der Waals surface area contributed by atoms with Crippen molar-refractivity contribution in [3.63, 3.8) is 0 Å². The molecule has 0 spiro atoms. The first-order valence-electron chi connectivity index (χ1n) is 10.5. The van der Waals surface area contributed by atoms with E-state index in [9.17, 15) is 19.2 Å². The number of aryl methyl sites for hydroxylation is 1. The third-order valence-electron chi connectivity index (χ3n) is 5.26. The molecule has 0 aromatic heterocycles. The lowest BCUT2D eigenvalue weighted by Gasteiger charge is -2.15. The summed E-state index contributed by atoms with van der Waals surface area (Å²) in [6.45, 7) is 1.90.